The van der Waals surface area contributed by atoms with Crippen LogP contribution in [0, 0.1) is 0 Å². The number of hydrogen-bond donors (Lipinski definition) is 1. The van der Waals surface area contributed by atoms with E-state index in [0.717, 1.165) is 10.5 Å². The number of hydrogen-bond acceptors (Lipinski definition) is 4. The molecule has 0 unspecified atom stereocenters. The van der Waals surface area contributed by atoms with Crippen molar-refractivity contribution in [2.75, 3.05) is 20.0 Å². The normalized spacial score (nSPS) is 10.3. The Labute approximate surface area is 151 Å². The molecule has 0 aliphatic carbocycles. The first-order chi connectivity index (χ1) is 11.6. The summed E-state index contributed by atoms with van der Waals surface area (Å²) in [6, 6.07) is 13.2. The van der Waals surface area contributed by atoms with Crippen LogP contribution < -0.4 is 14.8 Å². The van der Waals surface area contributed by atoms with Gasteiger partial charge in [-0.2, -0.15) is 0 Å². The summed E-state index contributed by atoms with van der Waals surface area (Å²) in [4.78, 5) is 12.9. The van der Waals surface area contributed by atoms with E-state index >= 15 is 0 Å². The van der Waals surface area contributed by atoms with E-state index < -0.39 is 0 Å². The lowest BCUT2D eigenvalue weighted by atomic mass is 10.2. The molecule has 0 aliphatic rings. The second-order valence-electron chi connectivity index (χ2n) is 4.99. The highest BCUT2D eigenvalue weighted by molar-refractivity contribution is 7.99. The van der Waals surface area contributed by atoms with Crippen molar-refractivity contribution < 1.29 is 14.3 Å². The lowest BCUT2D eigenvalue weighted by Crippen LogP contribution is -2.23. The Bertz CT molecular complexity index is 694. The number of halogens is 1. The van der Waals surface area contributed by atoms with Gasteiger partial charge in [0.05, 0.1) is 19.2 Å². The molecule has 0 heterocycles. The molecule has 4 nitrogen and oxygen atoms in total. The van der Waals surface area contributed by atoms with Gasteiger partial charge in [0, 0.05) is 23.6 Å². The van der Waals surface area contributed by atoms with Crippen molar-refractivity contribution in [1.82, 2.24) is 5.32 Å². The summed E-state index contributed by atoms with van der Waals surface area (Å²) in [5, 5.41) is 3.62. The van der Waals surface area contributed by atoms with Crippen LogP contribution in [0.25, 0.3) is 0 Å². The number of thioether (sulfide) groups is 1. The molecule has 128 valence electrons. The molecule has 2 rings (SSSR count). The minimum atomic E-state index is 0.00402. The summed E-state index contributed by atoms with van der Waals surface area (Å²) in [5.41, 5.74) is 0.958. The van der Waals surface area contributed by atoms with Crippen LogP contribution in [0.15, 0.2) is 47.4 Å². The first-order valence-electron chi connectivity index (χ1n) is 7.49. The number of methoxy groups -OCH3 is 2. The summed E-state index contributed by atoms with van der Waals surface area (Å²) in [6.07, 6.45) is 0.434. The number of nitrogens with one attached hydrogen (secondary N) is 1. The highest BCUT2D eigenvalue weighted by atomic mass is 35.5. The predicted molar refractivity (Wildman–Crippen MR) is 98.2 cm³/mol. The molecular weight excluding hydrogens is 346 g/mol. The molecule has 0 radical (unpaired) electrons. The average Bonchev–Trinajstić information content (AvgIpc) is 2.61. The van der Waals surface area contributed by atoms with Gasteiger partial charge in [0.2, 0.25) is 5.91 Å². The maximum Gasteiger partial charge on any atom is 0.221 e. The van der Waals surface area contributed by atoms with Gasteiger partial charge in [-0.05, 0) is 29.8 Å². The van der Waals surface area contributed by atoms with E-state index in [1.54, 1.807) is 26.0 Å². The van der Waals surface area contributed by atoms with Crippen LogP contribution in [0.4, 0.5) is 0 Å². The van der Waals surface area contributed by atoms with Crippen molar-refractivity contribution in [2.24, 2.45) is 0 Å². The molecule has 0 aliphatic heterocycles. The molecule has 2 aromatic rings. The van der Waals surface area contributed by atoms with Crippen LogP contribution >= 0.6 is 23.4 Å². The molecule has 0 fully saturated rings. The van der Waals surface area contributed by atoms with Gasteiger partial charge in [-0.25, -0.2) is 0 Å². The Balaban J connectivity index is 1.78. The maximum absolute atomic E-state index is 12.0. The number of amides is 1. The third-order valence-electron chi connectivity index (χ3n) is 3.36. The van der Waals surface area contributed by atoms with Gasteiger partial charge in [-0.1, -0.05) is 29.8 Å². The number of carbonyl (C=O) groups is 1. The molecule has 0 atom stereocenters. The van der Waals surface area contributed by atoms with Crippen LogP contribution in [-0.2, 0) is 11.3 Å². The zero-order valence-corrected chi connectivity index (χ0v) is 15.2. The van der Waals surface area contributed by atoms with E-state index in [2.05, 4.69) is 5.32 Å². The van der Waals surface area contributed by atoms with Gasteiger partial charge in [-0.3, -0.25) is 4.79 Å². The largest absolute Gasteiger partial charge is 0.493 e. The van der Waals surface area contributed by atoms with Crippen molar-refractivity contribution in [3.63, 3.8) is 0 Å². The van der Waals surface area contributed by atoms with E-state index in [-0.39, 0.29) is 5.91 Å². The van der Waals surface area contributed by atoms with Crippen LogP contribution in [0.2, 0.25) is 5.02 Å². The lowest BCUT2D eigenvalue weighted by Gasteiger charge is -2.10. The van der Waals surface area contributed by atoms with Crippen LogP contribution in [0.3, 0.4) is 0 Å². The Morgan fingerprint density at radius 3 is 2.58 bits per heavy atom. The molecule has 0 bridgehead atoms. The van der Waals surface area contributed by atoms with Crippen LogP contribution in [-0.4, -0.2) is 25.9 Å². The van der Waals surface area contributed by atoms with Gasteiger partial charge in [0.25, 0.3) is 0 Å². The molecule has 6 heteroatoms. The Morgan fingerprint density at radius 1 is 1.12 bits per heavy atom. The molecule has 0 spiro atoms. The highest BCUT2D eigenvalue weighted by Gasteiger charge is 2.07. The van der Waals surface area contributed by atoms with Gasteiger partial charge in [0.1, 0.15) is 0 Å². The second kappa shape index (κ2) is 9.45. The van der Waals surface area contributed by atoms with Gasteiger partial charge < -0.3 is 14.8 Å². The number of carbonyl (C=O) groups excluding carboxylic acids is 1. The number of ether oxygens (including phenoxy) is 2. The summed E-state index contributed by atoms with van der Waals surface area (Å²) in [7, 11) is 3.18. The summed E-state index contributed by atoms with van der Waals surface area (Å²) >= 11 is 7.67. The van der Waals surface area contributed by atoms with Crippen molar-refractivity contribution in [1.29, 1.82) is 0 Å². The quantitative estimate of drug-likeness (QED) is 0.714. The fraction of sp³-hybridized carbons (Fsp3) is 0.278. The molecule has 1 amide bonds. The Kier molecular flexibility index (Phi) is 7.28. The topological polar surface area (TPSA) is 47.6 Å². The molecule has 24 heavy (non-hydrogen) atoms. The van der Waals surface area contributed by atoms with Gasteiger partial charge in [0.15, 0.2) is 11.5 Å². The molecule has 1 N–H and O–H groups in total. The van der Waals surface area contributed by atoms with Crippen molar-refractivity contribution >= 4 is 29.3 Å². The monoisotopic (exact) mass is 365 g/mol. The highest BCUT2D eigenvalue weighted by Crippen LogP contribution is 2.28. The Morgan fingerprint density at radius 2 is 1.88 bits per heavy atom. The van der Waals surface area contributed by atoms with Crippen LogP contribution in [0.5, 0.6) is 11.5 Å². The van der Waals surface area contributed by atoms with Crippen molar-refractivity contribution in [3.05, 3.63) is 53.1 Å². The zero-order chi connectivity index (χ0) is 17.4. The second-order valence-corrected chi connectivity index (χ2v) is 6.54. The maximum atomic E-state index is 12.0. The third kappa shape index (κ3) is 5.35. The molecule has 2 aromatic carbocycles. The van der Waals surface area contributed by atoms with E-state index in [1.807, 2.05) is 42.5 Å². The summed E-state index contributed by atoms with van der Waals surface area (Å²) < 4.78 is 10.5. The zero-order valence-electron chi connectivity index (χ0n) is 13.7. The standard InChI is InChI=1S/C18H20ClNO3S/c1-22-15-8-7-13(11-16(15)23-2)12-20-18(21)9-10-24-17-6-4-3-5-14(17)19/h3-8,11H,9-10,12H2,1-2H3,(H,20,21). The number of benzene rings is 2. The third-order valence-corrected chi connectivity index (χ3v) is 4.88. The first kappa shape index (κ1) is 18.5. The minimum absolute atomic E-state index is 0.00402. The van der Waals surface area contributed by atoms with Gasteiger partial charge in [-0.15, -0.1) is 11.8 Å². The molecule has 0 saturated heterocycles. The Hall–Kier alpha value is -1.85. The van der Waals surface area contributed by atoms with E-state index in [4.69, 9.17) is 21.1 Å². The first-order valence-corrected chi connectivity index (χ1v) is 8.85. The number of rotatable bonds is 8. The molecular formula is C18H20ClNO3S. The van der Waals surface area contributed by atoms with Gasteiger partial charge >= 0.3 is 0 Å². The van der Waals surface area contributed by atoms with E-state index in [0.29, 0.717) is 35.2 Å². The average molecular weight is 366 g/mol. The molecule has 0 aromatic heterocycles. The SMILES string of the molecule is COc1ccc(CNC(=O)CCSc2ccccc2Cl)cc1OC. The van der Waals surface area contributed by atoms with Crippen molar-refractivity contribution in [3.8, 4) is 11.5 Å². The summed E-state index contributed by atoms with van der Waals surface area (Å²) in [5.74, 6) is 2.01. The smallest absolute Gasteiger partial charge is 0.221 e. The van der Waals surface area contributed by atoms with E-state index in [1.165, 1.54) is 0 Å². The van der Waals surface area contributed by atoms with E-state index in [9.17, 15) is 4.79 Å². The predicted octanol–water partition coefficient (Wildman–Crippen LogP) is 4.16. The summed E-state index contributed by atoms with van der Waals surface area (Å²) in [6.45, 7) is 0.454. The van der Waals surface area contributed by atoms with Crippen molar-refractivity contribution in [2.45, 2.75) is 17.9 Å². The fourth-order valence-electron chi connectivity index (χ4n) is 2.10. The lowest BCUT2D eigenvalue weighted by molar-refractivity contribution is -0.120. The minimum Gasteiger partial charge on any atom is -0.493 e. The van der Waals surface area contributed by atoms with Crippen LogP contribution in [0.1, 0.15) is 12.0 Å². The molecule has 0 saturated carbocycles. The fourth-order valence-corrected chi connectivity index (χ4v) is 3.28.